The summed E-state index contributed by atoms with van der Waals surface area (Å²) in [7, 11) is 0. The summed E-state index contributed by atoms with van der Waals surface area (Å²) in [5.74, 6) is -0.149. The van der Waals surface area contributed by atoms with Gasteiger partial charge in [0.25, 0.3) is 0 Å². The summed E-state index contributed by atoms with van der Waals surface area (Å²) in [6, 6.07) is 7.95. The average molecular weight is 365 g/mol. The number of nitrogens with one attached hydrogen (secondary N) is 1. The van der Waals surface area contributed by atoms with Crippen molar-refractivity contribution in [3.8, 4) is 0 Å². The van der Waals surface area contributed by atoms with Crippen LogP contribution in [0, 0.1) is 5.92 Å². The van der Waals surface area contributed by atoms with Crippen LogP contribution in [0.15, 0.2) is 28.7 Å². The first-order chi connectivity index (χ1) is 10.6. The van der Waals surface area contributed by atoms with Crippen molar-refractivity contribution in [3.63, 3.8) is 0 Å². The zero-order chi connectivity index (χ0) is 15.5. The van der Waals surface area contributed by atoms with Crippen molar-refractivity contribution in [2.45, 2.75) is 44.6 Å². The lowest BCUT2D eigenvalue weighted by Gasteiger charge is -2.24. The molecular weight excluding hydrogens is 344 g/mol. The van der Waals surface area contributed by atoms with Crippen LogP contribution in [-0.2, 0) is 9.59 Å². The maximum atomic E-state index is 12.4. The van der Waals surface area contributed by atoms with Gasteiger partial charge in [-0.1, -0.05) is 35.2 Å². The maximum absolute atomic E-state index is 12.4. The van der Waals surface area contributed by atoms with Crippen molar-refractivity contribution in [1.29, 1.82) is 0 Å². The second-order valence-corrected chi connectivity index (χ2v) is 7.14. The van der Waals surface area contributed by atoms with Crippen LogP contribution < -0.4 is 10.2 Å². The molecule has 2 aliphatic rings. The van der Waals surface area contributed by atoms with Crippen LogP contribution in [0.5, 0.6) is 0 Å². The lowest BCUT2D eigenvalue weighted by molar-refractivity contribution is -0.127. The van der Waals surface area contributed by atoms with E-state index in [9.17, 15) is 9.59 Å². The summed E-state index contributed by atoms with van der Waals surface area (Å²) in [6.45, 7) is 0.485. The standard InChI is InChI=1S/C17H21BrN2O2/c18-13-6-8-15(9-7-13)20-11-12(10-16(20)21)17(22)19-14-4-2-1-3-5-14/h6-9,12,14H,1-5,10-11H2,(H,19,22)/t12-/m1/s1. The van der Waals surface area contributed by atoms with Crippen LogP contribution in [0.2, 0.25) is 0 Å². The first-order valence-corrected chi connectivity index (χ1v) is 8.79. The number of amides is 2. The molecule has 4 nitrogen and oxygen atoms in total. The molecule has 118 valence electrons. The molecule has 1 saturated carbocycles. The molecule has 0 aromatic heterocycles. The summed E-state index contributed by atoms with van der Waals surface area (Å²) in [4.78, 5) is 26.3. The van der Waals surface area contributed by atoms with Crippen LogP contribution in [0.25, 0.3) is 0 Å². The lowest BCUT2D eigenvalue weighted by atomic mass is 9.95. The van der Waals surface area contributed by atoms with Crippen molar-refractivity contribution in [3.05, 3.63) is 28.7 Å². The topological polar surface area (TPSA) is 49.4 Å². The van der Waals surface area contributed by atoms with Gasteiger partial charge in [0, 0.05) is 29.2 Å². The molecular formula is C17H21BrN2O2. The van der Waals surface area contributed by atoms with E-state index in [0.717, 1.165) is 23.0 Å². The van der Waals surface area contributed by atoms with Gasteiger partial charge in [-0.25, -0.2) is 0 Å². The smallest absolute Gasteiger partial charge is 0.227 e. The Kier molecular flexibility index (Phi) is 4.81. The fourth-order valence-corrected chi connectivity index (χ4v) is 3.58. The maximum Gasteiger partial charge on any atom is 0.227 e. The van der Waals surface area contributed by atoms with Crippen LogP contribution in [-0.4, -0.2) is 24.4 Å². The van der Waals surface area contributed by atoms with Gasteiger partial charge < -0.3 is 10.2 Å². The molecule has 1 aliphatic heterocycles. The highest BCUT2D eigenvalue weighted by Gasteiger charge is 2.35. The van der Waals surface area contributed by atoms with Gasteiger partial charge in [0.15, 0.2) is 0 Å². The molecule has 0 spiro atoms. The van der Waals surface area contributed by atoms with Gasteiger partial charge in [-0.15, -0.1) is 0 Å². The molecule has 0 bridgehead atoms. The molecule has 0 radical (unpaired) electrons. The quantitative estimate of drug-likeness (QED) is 0.894. The van der Waals surface area contributed by atoms with Crippen LogP contribution in [0.1, 0.15) is 38.5 Å². The minimum Gasteiger partial charge on any atom is -0.353 e. The molecule has 1 aromatic carbocycles. The summed E-state index contributed by atoms with van der Waals surface area (Å²) in [5, 5.41) is 3.14. The molecule has 1 aliphatic carbocycles. The molecule has 1 saturated heterocycles. The SMILES string of the molecule is O=C(NC1CCCCC1)[C@@H]1CC(=O)N(c2ccc(Br)cc2)C1. The first kappa shape index (κ1) is 15.5. The summed E-state index contributed by atoms with van der Waals surface area (Å²) in [6.07, 6.45) is 6.12. The molecule has 5 heteroatoms. The fraction of sp³-hybridized carbons (Fsp3) is 0.529. The van der Waals surface area contributed by atoms with Crippen LogP contribution >= 0.6 is 15.9 Å². The Morgan fingerprint density at radius 1 is 1.14 bits per heavy atom. The van der Waals surface area contributed by atoms with Gasteiger partial charge in [-0.3, -0.25) is 9.59 Å². The van der Waals surface area contributed by atoms with E-state index in [2.05, 4.69) is 21.2 Å². The Bertz CT molecular complexity index is 552. The summed E-state index contributed by atoms with van der Waals surface area (Å²) < 4.78 is 0.981. The predicted octanol–water partition coefficient (Wildman–Crippen LogP) is 3.25. The highest BCUT2D eigenvalue weighted by atomic mass is 79.9. The number of benzene rings is 1. The van der Waals surface area contributed by atoms with E-state index in [1.54, 1.807) is 4.90 Å². The number of hydrogen-bond acceptors (Lipinski definition) is 2. The van der Waals surface area contributed by atoms with Crippen molar-refractivity contribution in [2.75, 3.05) is 11.4 Å². The molecule has 1 aromatic rings. The zero-order valence-corrected chi connectivity index (χ0v) is 14.1. The Labute approximate surface area is 139 Å². The van der Waals surface area contributed by atoms with Crippen LogP contribution in [0.3, 0.4) is 0 Å². The van der Waals surface area contributed by atoms with Gasteiger partial charge in [-0.05, 0) is 37.1 Å². The Balaban J connectivity index is 1.61. The summed E-state index contributed by atoms with van der Waals surface area (Å²) in [5.41, 5.74) is 0.862. The van der Waals surface area contributed by atoms with E-state index in [-0.39, 0.29) is 17.7 Å². The average Bonchev–Trinajstić information content (AvgIpc) is 2.91. The Morgan fingerprint density at radius 2 is 1.82 bits per heavy atom. The second-order valence-electron chi connectivity index (χ2n) is 6.23. The number of anilines is 1. The normalized spacial score (nSPS) is 22.9. The molecule has 1 heterocycles. The van der Waals surface area contributed by atoms with Crippen molar-refractivity contribution in [1.82, 2.24) is 5.32 Å². The molecule has 3 rings (SSSR count). The van der Waals surface area contributed by atoms with Crippen molar-refractivity contribution < 1.29 is 9.59 Å². The highest BCUT2D eigenvalue weighted by Crippen LogP contribution is 2.27. The van der Waals surface area contributed by atoms with Crippen molar-refractivity contribution in [2.24, 2.45) is 5.92 Å². The van der Waals surface area contributed by atoms with E-state index in [0.29, 0.717) is 19.0 Å². The predicted molar refractivity (Wildman–Crippen MR) is 89.6 cm³/mol. The van der Waals surface area contributed by atoms with Gasteiger partial charge >= 0.3 is 0 Å². The molecule has 2 amide bonds. The Hall–Kier alpha value is -1.36. The van der Waals surface area contributed by atoms with Gasteiger partial charge in [0.2, 0.25) is 11.8 Å². The zero-order valence-electron chi connectivity index (χ0n) is 12.6. The van der Waals surface area contributed by atoms with Crippen molar-refractivity contribution >= 4 is 33.4 Å². The molecule has 1 N–H and O–H groups in total. The number of carbonyl (C=O) groups excluding carboxylic acids is 2. The van der Waals surface area contributed by atoms with E-state index < -0.39 is 0 Å². The third-order valence-corrected chi connectivity index (χ3v) is 5.11. The lowest BCUT2D eigenvalue weighted by Crippen LogP contribution is -2.40. The minimum absolute atomic E-state index is 0.0334. The first-order valence-electron chi connectivity index (χ1n) is 8.00. The third kappa shape index (κ3) is 3.51. The third-order valence-electron chi connectivity index (χ3n) is 4.59. The molecule has 1 atom stereocenters. The largest absolute Gasteiger partial charge is 0.353 e. The molecule has 22 heavy (non-hydrogen) atoms. The number of carbonyl (C=O) groups is 2. The monoisotopic (exact) mass is 364 g/mol. The summed E-state index contributed by atoms with van der Waals surface area (Å²) >= 11 is 3.39. The van der Waals surface area contributed by atoms with E-state index in [4.69, 9.17) is 0 Å². The number of nitrogens with zero attached hydrogens (tertiary/aromatic N) is 1. The fourth-order valence-electron chi connectivity index (χ4n) is 3.32. The van der Waals surface area contributed by atoms with Gasteiger partial charge in [-0.2, -0.15) is 0 Å². The highest BCUT2D eigenvalue weighted by molar-refractivity contribution is 9.10. The molecule has 2 fully saturated rings. The van der Waals surface area contributed by atoms with Crippen LogP contribution in [0.4, 0.5) is 5.69 Å². The number of hydrogen-bond donors (Lipinski definition) is 1. The Morgan fingerprint density at radius 3 is 2.50 bits per heavy atom. The second kappa shape index (κ2) is 6.82. The molecule has 0 unspecified atom stereocenters. The van der Waals surface area contributed by atoms with Gasteiger partial charge in [0.1, 0.15) is 0 Å². The minimum atomic E-state index is -0.224. The number of rotatable bonds is 3. The van der Waals surface area contributed by atoms with Gasteiger partial charge in [0.05, 0.1) is 5.92 Å². The van der Waals surface area contributed by atoms with E-state index >= 15 is 0 Å². The van der Waals surface area contributed by atoms with E-state index in [1.807, 2.05) is 24.3 Å². The number of halogens is 1. The van der Waals surface area contributed by atoms with E-state index in [1.165, 1.54) is 19.3 Å².